The lowest BCUT2D eigenvalue weighted by Crippen LogP contribution is -2.40. The summed E-state index contributed by atoms with van der Waals surface area (Å²) in [5, 5.41) is 5.29. The first kappa shape index (κ1) is 26.5. The molecular formula is C27H40N2O7. The maximum Gasteiger partial charge on any atom is 0.407 e. The van der Waals surface area contributed by atoms with E-state index in [1.165, 1.54) is 12.8 Å². The average molecular weight is 505 g/mol. The molecule has 1 aliphatic heterocycles. The van der Waals surface area contributed by atoms with Gasteiger partial charge >= 0.3 is 6.09 Å². The third-order valence-electron chi connectivity index (χ3n) is 8.92. The van der Waals surface area contributed by atoms with Crippen LogP contribution in [0.4, 0.5) is 4.79 Å². The standard InChI is InChI=1S/C27H40N2O7/c1-7-34-25(31)29-15-22(30)28-14-21(18-12-16(32-5)8-9-20(18)33-6)35-23-13-17-19-10-11-27(4,24(17)36-23)26(19,2)3/h8-9,12,17,19,21,23-24H,7,10-11,13-15H2,1-6H3,(H,28,30)(H,29,31)/t17-,19-,21+,23-,24-,27+/m1/s1. The van der Waals surface area contributed by atoms with Crippen LogP contribution in [0.1, 0.15) is 58.6 Å². The van der Waals surface area contributed by atoms with E-state index in [2.05, 4.69) is 31.4 Å². The number of carbonyl (C=O) groups is 2. The Morgan fingerprint density at radius 1 is 1.17 bits per heavy atom. The van der Waals surface area contributed by atoms with Gasteiger partial charge in [0.15, 0.2) is 6.29 Å². The minimum absolute atomic E-state index is 0.135. The van der Waals surface area contributed by atoms with Crippen LogP contribution < -0.4 is 20.1 Å². The zero-order chi connectivity index (χ0) is 26.1. The predicted molar refractivity (Wildman–Crippen MR) is 133 cm³/mol. The van der Waals surface area contributed by atoms with E-state index in [-0.39, 0.29) is 48.8 Å². The van der Waals surface area contributed by atoms with Crippen LogP contribution >= 0.6 is 0 Å². The Morgan fingerprint density at radius 2 is 1.94 bits per heavy atom. The van der Waals surface area contributed by atoms with Gasteiger partial charge in [0.05, 0.1) is 33.5 Å². The number of carbonyl (C=O) groups excluding carboxylic acids is 2. The molecule has 0 aromatic heterocycles. The van der Waals surface area contributed by atoms with Crippen molar-refractivity contribution in [1.82, 2.24) is 10.6 Å². The van der Waals surface area contributed by atoms with Crippen molar-refractivity contribution in [2.24, 2.45) is 22.7 Å². The van der Waals surface area contributed by atoms with E-state index in [4.69, 9.17) is 23.7 Å². The summed E-state index contributed by atoms with van der Waals surface area (Å²) in [5.41, 5.74) is 1.14. The maximum atomic E-state index is 12.4. The third kappa shape index (κ3) is 4.75. The van der Waals surface area contributed by atoms with Crippen LogP contribution in [-0.2, 0) is 19.0 Å². The summed E-state index contributed by atoms with van der Waals surface area (Å²) < 4.78 is 29.0. The van der Waals surface area contributed by atoms with Crippen LogP contribution in [0.15, 0.2) is 18.2 Å². The maximum absolute atomic E-state index is 12.4. The third-order valence-corrected chi connectivity index (χ3v) is 8.92. The Labute approximate surface area is 213 Å². The summed E-state index contributed by atoms with van der Waals surface area (Å²) in [6.45, 7) is 9.04. The fourth-order valence-corrected chi connectivity index (χ4v) is 6.68. The summed E-state index contributed by atoms with van der Waals surface area (Å²) in [7, 11) is 3.20. The second kappa shape index (κ2) is 10.5. The minimum Gasteiger partial charge on any atom is -0.497 e. The number of nitrogens with one attached hydrogen (secondary N) is 2. The van der Waals surface area contributed by atoms with E-state index in [1.807, 2.05) is 18.2 Å². The molecule has 0 unspecified atom stereocenters. The van der Waals surface area contributed by atoms with Crippen molar-refractivity contribution in [3.8, 4) is 11.5 Å². The van der Waals surface area contributed by atoms with E-state index in [0.29, 0.717) is 23.3 Å². The second-order valence-electron chi connectivity index (χ2n) is 10.8. The van der Waals surface area contributed by atoms with Gasteiger partial charge in [-0.2, -0.15) is 0 Å². The van der Waals surface area contributed by atoms with Gasteiger partial charge in [-0.25, -0.2) is 4.79 Å². The Kier molecular flexibility index (Phi) is 7.71. The molecule has 9 heteroatoms. The fraction of sp³-hybridized carbons (Fsp3) is 0.704. The van der Waals surface area contributed by atoms with Gasteiger partial charge in [0.1, 0.15) is 17.6 Å². The predicted octanol–water partition coefficient (Wildman–Crippen LogP) is 3.81. The first-order valence-corrected chi connectivity index (χ1v) is 12.8. The van der Waals surface area contributed by atoms with Gasteiger partial charge in [-0.3, -0.25) is 4.79 Å². The van der Waals surface area contributed by atoms with Crippen molar-refractivity contribution in [3.63, 3.8) is 0 Å². The summed E-state index contributed by atoms with van der Waals surface area (Å²) in [6.07, 6.45) is 1.86. The van der Waals surface area contributed by atoms with Crippen LogP contribution in [0.3, 0.4) is 0 Å². The molecule has 200 valence electrons. The number of fused-ring (bicyclic) bond motifs is 5. The smallest absolute Gasteiger partial charge is 0.407 e. The zero-order valence-corrected chi connectivity index (χ0v) is 22.2. The van der Waals surface area contributed by atoms with Crippen LogP contribution in [0.2, 0.25) is 0 Å². The second-order valence-corrected chi connectivity index (χ2v) is 10.8. The van der Waals surface area contributed by atoms with Crippen molar-refractivity contribution < 1.29 is 33.3 Å². The largest absolute Gasteiger partial charge is 0.497 e. The molecule has 1 aromatic carbocycles. The van der Waals surface area contributed by atoms with Gasteiger partial charge in [0.25, 0.3) is 0 Å². The Hall–Kier alpha value is -2.52. The summed E-state index contributed by atoms with van der Waals surface area (Å²) in [5.74, 6) is 2.03. The lowest BCUT2D eigenvalue weighted by atomic mass is 9.70. The summed E-state index contributed by atoms with van der Waals surface area (Å²) >= 11 is 0. The normalized spacial score (nSPS) is 30.4. The van der Waals surface area contributed by atoms with E-state index in [0.717, 1.165) is 12.0 Å². The minimum atomic E-state index is -0.633. The van der Waals surface area contributed by atoms with Crippen molar-refractivity contribution in [2.75, 3.05) is 33.9 Å². The number of amides is 2. The van der Waals surface area contributed by atoms with Crippen LogP contribution in [0.25, 0.3) is 0 Å². The van der Waals surface area contributed by atoms with E-state index < -0.39 is 12.2 Å². The highest BCUT2D eigenvalue weighted by molar-refractivity contribution is 5.82. The van der Waals surface area contributed by atoms with Gasteiger partial charge in [0, 0.05) is 18.5 Å². The number of methoxy groups -OCH3 is 2. The fourth-order valence-electron chi connectivity index (χ4n) is 6.68. The molecule has 1 heterocycles. The van der Waals surface area contributed by atoms with Crippen molar-refractivity contribution in [2.45, 2.75) is 65.5 Å². The number of hydrogen-bond acceptors (Lipinski definition) is 7. The van der Waals surface area contributed by atoms with Gasteiger partial charge in [0.2, 0.25) is 5.91 Å². The summed E-state index contributed by atoms with van der Waals surface area (Å²) in [6, 6.07) is 5.50. The number of hydrogen-bond donors (Lipinski definition) is 2. The number of rotatable bonds is 10. The number of ether oxygens (including phenoxy) is 5. The Morgan fingerprint density at radius 3 is 2.61 bits per heavy atom. The molecule has 2 aliphatic carbocycles. The lowest BCUT2D eigenvalue weighted by Gasteiger charge is -2.39. The van der Waals surface area contributed by atoms with Gasteiger partial charge in [-0.15, -0.1) is 0 Å². The molecule has 1 aromatic rings. The molecule has 2 amide bonds. The highest BCUT2D eigenvalue weighted by atomic mass is 16.7. The first-order chi connectivity index (χ1) is 17.1. The molecule has 6 atom stereocenters. The van der Waals surface area contributed by atoms with Crippen LogP contribution in [0, 0.1) is 22.7 Å². The molecular weight excluding hydrogens is 464 g/mol. The monoisotopic (exact) mass is 504 g/mol. The van der Waals surface area contributed by atoms with Crippen molar-refractivity contribution >= 4 is 12.0 Å². The molecule has 0 radical (unpaired) electrons. The van der Waals surface area contributed by atoms with E-state index in [9.17, 15) is 9.59 Å². The highest BCUT2D eigenvalue weighted by Gasteiger charge is 2.69. The molecule has 4 rings (SSSR count). The Balaban J connectivity index is 1.48. The van der Waals surface area contributed by atoms with Crippen molar-refractivity contribution in [3.05, 3.63) is 23.8 Å². The van der Waals surface area contributed by atoms with E-state index in [1.54, 1.807) is 21.1 Å². The molecule has 1 saturated heterocycles. The highest BCUT2D eigenvalue weighted by Crippen LogP contribution is 2.71. The SMILES string of the molecule is CCOC(=O)NCC(=O)NC[C@H](O[C@H]1C[C@@H]2[C@H]3CC[C@@](C)([C@@H]2O1)C3(C)C)c1cc(OC)ccc1OC. The molecule has 3 fully saturated rings. The van der Waals surface area contributed by atoms with Crippen LogP contribution in [-0.4, -0.2) is 58.3 Å². The molecule has 2 N–H and O–H groups in total. The molecule has 36 heavy (non-hydrogen) atoms. The molecule has 3 aliphatic rings. The van der Waals surface area contributed by atoms with Gasteiger partial charge < -0.3 is 34.3 Å². The number of benzene rings is 1. The molecule has 0 spiro atoms. The number of alkyl carbamates (subject to hydrolysis) is 1. The topological polar surface area (TPSA) is 104 Å². The Bertz CT molecular complexity index is 967. The molecule has 9 nitrogen and oxygen atoms in total. The van der Waals surface area contributed by atoms with Gasteiger partial charge in [-0.1, -0.05) is 20.8 Å². The zero-order valence-electron chi connectivity index (χ0n) is 22.2. The van der Waals surface area contributed by atoms with Gasteiger partial charge in [-0.05, 0) is 60.6 Å². The van der Waals surface area contributed by atoms with Crippen LogP contribution in [0.5, 0.6) is 11.5 Å². The van der Waals surface area contributed by atoms with E-state index >= 15 is 0 Å². The molecule has 2 saturated carbocycles. The summed E-state index contributed by atoms with van der Waals surface area (Å²) in [4.78, 5) is 24.0. The van der Waals surface area contributed by atoms with Crippen molar-refractivity contribution in [1.29, 1.82) is 0 Å². The molecule has 2 bridgehead atoms. The first-order valence-electron chi connectivity index (χ1n) is 12.8. The lowest BCUT2D eigenvalue weighted by molar-refractivity contribution is -0.187. The average Bonchev–Trinajstić information content (AvgIpc) is 3.43. The quantitative estimate of drug-likeness (QED) is 0.499.